The molecule has 1 aromatic rings. The Labute approximate surface area is 95.6 Å². The summed E-state index contributed by atoms with van der Waals surface area (Å²) in [7, 11) is 1.61. The topological polar surface area (TPSA) is 68.3 Å². The Morgan fingerprint density at radius 2 is 2.25 bits per heavy atom. The number of nitriles is 1. The predicted molar refractivity (Wildman–Crippen MR) is 61.2 cm³/mol. The molecule has 0 aliphatic carbocycles. The van der Waals surface area contributed by atoms with Gasteiger partial charge < -0.3 is 15.2 Å². The van der Waals surface area contributed by atoms with Crippen LogP contribution >= 0.6 is 0 Å². The van der Waals surface area contributed by atoms with Crippen molar-refractivity contribution in [3.63, 3.8) is 0 Å². The van der Waals surface area contributed by atoms with E-state index in [2.05, 4.69) is 6.07 Å². The lowest BCUT2D eigenvalue weighted by atomic mass is 10.2. The van der Waals surface area contributed by atoms with Crippen LogP contribution in [-0.4, -0.2) is 13.7 Å². The molecule has 0 heterocycles. The first-order chi connectivity index (χ1) is 7.81. The van der Waals surface area contributed by atoms with Crippen LogP contribution in [0.15, 0.2) is 18.2 Å². The Bertz CT molecular complexity index is 372. The molecular weight excluding hydrogens is 204 g/mol. The second-order valence-corrected chi connectivity index (χ2v) is 3.29. The normalized spacial score (nSPS) is 9.56. The number of nitrogens with zero attached hydrogens (tertiary/aromatic N) is 1. The standard InChI is InChI=1S/C12H16N2O2/c1-15-11-4-5-12(10(8-11)9-14)16-7-3-2-6-13/h4-5,8H,2-3,7,9,14H2,1H3. The van der Waals surface area contributed by atoms with Crippen LogP contribution in [0.2, 0.25) is 0 Å². The monoisotopic (exact) mass is 220 g/mol. The number of nitrogens with two attached hydrogens (primary N) is 1. The minimum absolute atomic E-state index is 0.408. The maximum Gasteiger partial charge on any atom is 0.124 e. The zero-order chi connectivity index (χ0) is 11.8. The number of rotatable bonds is 6. The first-order valence-electron chi connectivity index (χ1n) is 5.18. The van der Waals surface area contributed by atoms with Gasteiger partial charge in [-0.15, -0.1) is 0 Å². The Kier molecular flexibility index (Phi) is 5.17. The number of methoxy groups -OCH3 is 1. The molecule has 0 saturated carbocycles. The van der Waals surface area contributed by atoms with E-state index in [1.807, 2.05) is 18.2 Å². The molecule has 0 fully saturated rings. The number of ether oxygens (including phenoxy) is 2. The molecule has 1 rings (SSSR count). The number of hydrogen-bond acceptors (Lipinski definition) is 4. The van der Waals surface area contributed by atoms with E-state index in [4.69, 9.17) is 20.5 Å². The molecule has 0 bridgehead atoms. The highest BCUT2D eigenvalue weighted by Gasteiger charge is 2.03. The highest BCUT2D eigenvalue weighted by atomic mass is 16.5. The van der Waals surface area contributed by atoms with Gasteiger partial charge in [-0.05, 0) is 24.6 Å². The summed E-state index contributed by atoms with van der Waals surface area (Å²) < 4.78 is 10.6. The molecular formula is C12H16N2O2. The molecule has 0 atom stereocenters. The minimum Gasteiger partial charge on any atom is -0.497 e. The minimum atomic E-state index is 0.408. The van der Waals surface area contributed by atoms with Crippen LogP contribution in [0.1, 0.15) is 18.4 Å². The van der Waals surface area contributed by atoms with Gasteiger partial charge in [-0.2, -0.15) is 5.26 Å². The van der Waals surface area contributed by atoms with E-state index in [0.717, 1.165) is 23.5 Å². The fraction of sp³-hybridized carbons (Fsp3) is 0.417. The van der Waals surface area contributed by atoms with Crippen LogP contribution < -0.4 is 15.2 Å². The zero-order valence-corrected chi connectivity index (χ0v) is 9.40. The summed E-state index contributed by atoms with van der Waals surface area (Å²) >= 11 is 0. The molecule has 4 nitrogen and oxygen atoms in total. The van der Waals surface area contributed by atoms with E-state index < -0.39 is 0 Å². The quantitative estimate of drug-likeness (QED) is 0.743. The SMILES string of the molecule is COc1ccc(OCCCC#N)c(CN)c1. The van der Waals surface area contributed by atoms with E-state index in [0.29, 0.717) is 19.6 Å². The van der Waals surface area contributed by atoms with Crippen molar-refractivity contribution in [3.8, 4) is 17.6 Å². The number of hydrogen-bond donors (Lipinski definition) is 1. The highest BCUT2D eigenvalue weighted by Crippen LogP contribution is 2.23. The van der Waals surface area contributed by atoms with Gasteiger partial charge in [0.25, 0.3) is 0 Å². The van der Waals surface area contributed by atoms with Crippen LogP contribution in [0, 0.1) is 11.3 Å². The summed E-state index contributed by atoms with van der Waals surface area (Å²) in [5, 5.41) is 8.39. The molecule has 0 radical (unpaired) electrons. The van der Waals surface area contributed by atoms with Crippen molar-refractivity contribution in [1.29, 1.82) is 5.26 Å². The van der Waals surface area contributed by atoms with Gasteiger partial charge in [0, 0.05) is 18.5 Å². The summed E-state index contributed by atoms with van der Waals surface area (Å²) in [5.74, 6) is 1.53. The third kappa shape index (κ3) is 3.44. The van der Waals surface area contributed by atoms with Crippen LogP contribution in [0.25, 0.3) is 0 Å². The van der Waals surface area contributed by atoms with Crippen molar-refractivity contribution >= 4 is 0 Å². The molecule has 0 aliphatic rings. The van der Waals surface area contributed by atoms with Gasteiger partial charge in [0.15, 0.2) is 0 Å². The van der Waals surface area contributed by atoms with Gasteiger partial charge >= 0.3 is 0 Å². The Morgan fingerprint density at radius 1 is 1.44 bits per heavy atom. The maximum absolute atomic E-state index is 8.39. The van der Waals surface area contributed by atoms with Crippen molar-refractivity contribution in [1.82, 2.24) is 0 Å². The fourth-order valence-corrected chi connectivity index (χ4v) is 1.32. The smallest absolute Gasteiger partial charge is 0.124 e. The Balaban J connectivity index is 2.61. The van der Waals surface area contributed by atoms with Crippen LogP contribution in [-0.2, 0) is 6.54 Å². The second kappa shape index (κ2) is 6.70. The summed E-state index contributed by atoms with van der Waals surface area (Å²) in [4.78, 5) is 0. The maximum atomic E-state index is 8.39. The second-order valence-electron chi connectivity index (χ2n) is 3.29. The summed E-state index contributed by atoms with van der Waals surface area (Å²) in [5.41, 5.74) is 6.53. The summed E-state index contributed by atoms with van der Waals surface area (Å²) in [6, 6.07) is 7.61. The molecule has 2 N–H and O–H groups in total. The molecule has 0 saturated heterocycles. The molecule has 86 valence electrons. The number of benzene rings is 1. The Hall–Kier alpha value is -1.73. The zero-order valence-electron chi connectivity index (χ0n) is 9.40. The van der Waals surface area contributed by atoms with Gasteiger partial charge in [0.1, 0.15) is 11.5 Å². The molecule has 16 heavy (non-hydrogen) atoms. The van der Waals surface area contributed by atoms with Crippen LogP contribution in [0.5, 0.6) is 11.5 Å². The number of unbranched alkanes of at least 4 members (excludes halogenated alkanes) is 1. The van der Waals surface area contributed by atoms with E-state index in [9.17, 15) is 0 Å². The average Bonchev–Trinajstić information content (AvgIpc) is 2.34. The van der Waals surface area contributed by atoms with E-state index in [-0.39, 0.29) is 0 Å². The molecule has 1 aromatic carbocycles. The fourth-order valence-electron chi connectivity index (χ4n) is 1.32. The van der Waals surface area contributed by atoms with Gasteiger partial charge in [-0.25, -0.2) is 0 Å². The van der Waals surface area contributed by atoms with Crippen molar-refractivity contribution in [2.45, 2.75) is 19.4 Å². The third-order valence-electron chi connectivity index (χ3n) is 2.18. The Morgan fingerprint density at radius 3 is 2.88 bits per heavy atom. The van der Waals surface area contributed by atoms with Crippen molar-refractivity contribution < 1.29 is 9.47 Å². The van der Waals surface area contributed by atoms with Gasteiger partial charge in [0.05, 0.1) is 19.8 Å². The van der Waals surface area contributed by atoms with E-state index in [1.165, 1.54) is 0 Å². The van der Waals surface area contributed by atoms with Gasteiger partial charge in [-0.3, -0.25) is 0 Å². The van der Waals surface area contributed by atoms with Crippen molar-refractivity contribution in [3.05, 3.63) is 23.8 Å². The van der Waals surface area contributed by atoms with Crippen molar-refractivity contribution in [2.75, 3.05) is 13.7 Å². The molecule has 0 unspecified atom stereocenters. The predicted octanol–water partition coefficient (Wildman–Crippen LogP) is 1.84. The molecule has 0 aliphatic heterocycles. The first kappa shape index (κ1) is 12.3. The molecule has 0 amide bonds. The first-order valence-corrected chi connectivity index (χ1v) is 5.18. The van der Waals surface area contributed by atoms with E-state index in [1.54, 1.807) is 7.11 Å². The molecule has 0 aromatic heterocycles. The summed E-state index contributed by atoms with van der Waals surface area (Å²) in [6.07, 6.45) is 1.24. The lowest BCUT2D eigenvalue weighted by Crippen LogP contribution is -2.04. The third-order valence-corrected chi connectivity index (χ3v) is 2.18. The average molecular weight is 220 g/mol. The van der Waals surface area contributed by atoms with Gasteiger partial charge in [-0.1, -0.05) is 0 Å². The van der Waals surface area contributed by atoms with Crippen molar-refractivity contribution in [2.24, 2.45) is 5.73 Å². The summed E-state index contributed by atoms with van der Waals surface area (Å²) in [6.45, 7) is 0.942. The van der Waals surface area contributed by atoms with E-state index >= 15 is 0 Å². The highest BCUT2D eigenvalue weighted by molar-refractivity contribution is 5.40. The van der Waals surface area contributed by atoms with Crippen LogP contribution in [0.3, 0.4) is 0 Å². The lowest BCUT2D eigenvalue weighted by Gasteiger charge is -2.11. The largest absolute Gasteiger partial charge is 0.497 e. The lowest BCUT2D eigenvalue weighted by molar-refractivity contribution is 0.308. The molecule has 4 heteroatoms. The van der Waals surface area contributed by atoms with Gasteiger partial charge in [0.2, 0.25) is 0 Å². The molecule has 0 spiro atoms. The van der Waals surface area contributed by atoms with Crippen LogP contribution in [0.4, 0.5) is 0 Å².